The SMILES string of the molecule is Cc1ccc([N+](=O)[O-])cc1NC(=O)COc1ccc([N+](=O)[O-])cc1. The summed E-state index contributed by atoms with van der Waals surface area (Å²) < 4.78 is 5.22. The lowest BCUT2D eigenvalue weighted by molar-refractivity contribution is -0.385. The number of hydrogen-bond donors (Lipinski definition) is 1. The van der Waals surface area contributed by atoms with Crippen molar-refractivity contribution in [2.45, 2.75) is 6.92 Å². The van der Waals surface area contributed by atoms with Crippen LogP contribution in [0.4, 0.5) is 17.1 Å². The summed E-state index contributed by atoms with van der Waals surface area (Å²) in [7, 11) is 0. The molecular formula is C15H13N3O6. The van der Waals surface area contributed by atoms with Crippen molar-refractivity contribution in [2.75, 3.05) is 11.9 Å². The molecule has 0 spiro atoms. The van der Waals surface area contributed by atoms with Gasteiger partial charge in [-0.05, 0) is 24.6 Å². The zero-order chi connectivity index (χ0) is 17.7. The summed E-state index contributed by atoms with van der Waals surface area (Å²) in [5, 5.41) is 23.8. The third-order valence-corrected chi connectivity index (χ3v) is 3.12. The molecule has 0 aliphatic heterocycles. The highest BCUT2D eigenvalue weighted by Gasteiger charge is 2.12. The summed E-state index contributed by atoms with van der Waals surface area (Å²) in [6.45, 7) is 1.37. The van der Waals surface area contributed by atoms with Gasteiger partial charge in [-0.2, -0.15) is 0 Å². The van der Waals surface area contributed by atoms with Crippen LogP contribution >= 0.6 is 0 Å². The van der Waals surface area contributed by atoms with Crippen LogP contribution in [0.3, 0.4) is 0 Å². The van der Waals surface area contributed by atoms with Crippen LogP contribution < -0.4 is 10.1 Å². The molecule has 0 unspecified atom stereocenters. The Bertz CT molecular complexity index is 788. The first-order chi connectivity index (χ1) is 11.4. The topological polar surface area (TPSA) is 125 Å². The summed E-state index contributed by atoms with van der Waals surface area (Å²) in [5.41, 5.74) is 0.775. The number of anilines is 1. The van der Waals surface area contributed by atoms with E-state index in [-0.39, 0.29) is 18.0 Å². The summed E-state index contributed by atoms with van der Waals surface area (Å²) in [4.78, 5) is 32.1. The van der Waals surface area contributed by atoms with Crippen LogP contribution in [0.1, 0.15) is 5.56 Å². The lowest BCUT2D eigenvalue weighted by Gasteiger charge is -2.09. The number of carbonyl (C=O) groups excluding carboxylic acids is 1. The number of nitro benzene ring substituents is 2. The monoisotopic (exact) mass is 331 g/mol. The molecule has 2 aromatic rings. The predicted octanol–water partition coefficient (Wildman–Crippen LogP) is 2.83. The molecule has 24 heavy (non-hydrogen) atoms. The molecule has 0 aromatic heterocycles. The highest BCUT2D eigenvalue weighted by Crippen LogP contribution is 2.22. The molecule has 0 atom stereocenters. The molecule has 1 amide bonds. The molecular weight excluding hydrogens is 318 g/mol. The Morgan fingerprint density at radius 3 is 2.21 bits per heavy atom. The van der Waals surface area contributed by atoms with Gasteiger partial charge in [-0.15, -0.1) is 0 Å². The molecule has 1 N–H and O–H groups in total. The van der Waals surface area contributed by atoms with E-state index in [0.29, 0.717) is 17.0 Å². The fourth-order valence-corrected chi connectivity index (χ4v) is 1.86. The van der Waals surface area contributed by atoms with E-state index in [0.717, 1.165) is 0 Å². The van der Waals surface area contributed by atoms with Crippen molar-refractivity contribution in [3.8, 4) is 5.75 Å². The van der Waals surface area contributed by atoms with Gasteiger partial charge in [-0.25, -0.2) is 0 Å². The highest BCUT2D eigenvalue weighted by atomic mass is 16.6. The summed E-state index contributed by atoms with van der Waals surface area (Å²) in [6.07, 6.45) is 0. The predicted molar refractivity (Wildman–Crippen MR) is 85.1 cm³/mol. The smallest absolute Gasteiger partial charge is 0.271 e. The molecule has 2 aromatic carbocycles. The van der Waals surface area contributed by atoms with Crippen LogP contribution in [-0.4, -0.2) is 22.4 Å². The Hall–Kier alpha value is -3.49. The average molecular weight is 331 g/mol. The van der Waals surface area contributed by atoms with E-state index in [2.05, 4.69) is 5.32 Å². The maximum atomic E-state index is 11.9. The molecule has 0 fully saturated rings. The molecule has 0 radical (unpaired) electrons. The maximum Gasteiger partial charge on any atom is 0.271 e. The van der Waals surface area contributed by atoms with Crippen LogP contribution in [-0.2, 0) is 4.79 Å². The van der Waals surface area contributed by atoms with Gasteiger partial charge in [-0.3, -0.25) is 25.0 Å². The van der Waals surface area contributed by atoms with Gasteiger partial charge in [0.05, 0.1) is 15.5 Å². The maximum absolute atomic E-state index is 11.9. The number of nitro groups is 2. The fourth-order valence-electron chi connectivity index (χ4n) is 1.86. The van der Waals surface area contributed by atoms with Crippen molar-refractivity contribution in [3.05, 3.63) is 68.3 Å². The first-order valence-corrected chi connectivity index (χ1v) is 6.79. The van der Waals surface area contributed by atoms with Crippen molar-refractivity contribution in [2.24, 2.45) is 0 Å². The van der Waals surface area contributed by atoms with Gasteiger partial charge in [0, 0.05) is 24.3 Å². The van der Waals surface area contributed by atoms with Gasteiger partial charge in [0.2, 0.25) is 0 Å². The Morgan fingerprint density at radius 1 is 1.04 bits per heavy atom. The number of benzene rings is 2. The number of amides is 1. The van der Waals surface area contributed by atoms with Crippen molar-refractivity contribution in [1.82, 2.24) is 0 Å². The Morgan fingerprint density at radius 2 is 1.62 bits per heavy atom. The van der Waals surface area contributed by atoms with Gasteiger partial charge in [0.1, 0.15) is 5.75 Å². The molecule has 0 aliphatic rings. The first-order valence-electron chi connectivity index (χ1n) is 6.79. The van der Waals surface area contributed by atoms with Crippen LogP contribution in [0, 0.1) is 27.2 Å². The van der Waals surface area contributed by atoms with E-state index in [9.17, 15) is 25.0 Å². The minimum atomic E-state index is -0.553. The van der Waals surface area contributed by atoms with E-state index in [1.807, 2.05) is 0 Å². The number of rotatable bonds is 6. The minimum absolute atomic E-state index is 0.0842. The standard InChI is InChI=1S/C15H13N3O6/c1-10-2-3-12(18(22)23)8-14(10)16-15(19)9-24-13-6-4-11(5-7-13)17(20)21/h2-8H,9H2,1H3,(H,16,19). The molecule has 2 rings (SSSR count). The molecule has 0 bridgehead atoms. The Balaban J connectivity index is 1.97. The van der Waals surface area contributed by atoms with Crippen molar-refractivity contribution < 1.29 is 19.4 Å². The normalized spacial score (nSPS) is 10.0. The molecule has 9 heteroatoms. The quantitative estimate of drug-likeness (QED) is 0.641. The lowest BCUT2D eigenvalue weighted by Crippen LogP contribution is -2.20. The molecule has 0 saturated carbocycles. The second kappa shape index (κ2) is 7.18. The molecule has 0 heterocycles. The molecule has 124 valence electrons. The van der Waals surface area contributed by atoms with Crippen molar-refractivity contribution in [1.29, 1.82) is 0 Å². The molecule has 9 nitrogen and oxygen atoms in total. The Kier molecular flexibility index (Phi) is 5.05. The number of carbonyl (C=O) groups is 1. The summed E-state index contributed by atoms with van der Waals surface area (Å²) in [6, 6.07) is 9.42. The van der Waals surface area contributed by atoms with Crippen LogP contribution in [0.15, 0.2) is 42.5 Å². The van der Waals surface area contributed by atoms with Crippen molar-refractivity contribution >= 4 is 23.0 Å². The number of hydrogen-bond acceptors (Lipinski definition) is 6. The van der Waals surface area contributed by atoms with Gasteiger partial charge in [0.15, 0.2) is 6.61 Å². The zero-order valence-electron chi connectivity index (χ0n) is 12.6. The van der Waals surface area contributed by atoms with E-state index < -0.39 is 15.8 Å². The third-order valence-electron chi connectivity index (χ3n) is 3.12. The lowest BCUT2D eigenvalue weighted by atomic mass is 10.2. The summed E-state index contributed by atoms with van der Waals surface area (Å²) >= 11 is 0. The van der Waals surface area contributed by atoms with Crippen LogP contribution in [0.2, 0.25) is 0 Å². The van der Waals surface area contributed by atoms with Gasteiger partial charge >= 0.3 is 0 Å². The summed E-state index contributed by atoms with van der Waals surface area (Å²) in [5.74, 6) is -0.205. The van der Waals surface area contributed by atoms with E-state index in [4.69, 9.17) is 4.74 Å². The number of non-ortho nitro benzene ring substituents is 2. The largest absolute Gasteiger partial charge is 0.484 e. The van der Waals surface area contributed by atoms with E-state index >= 15 is 0 Å². The van der Waals surface area contributed by atoms with Crippen LogP contribution in [0.25, 0.3) is 0 Å². The number of nitrogens with one attached hydrogen (secondary N) is 1. The second-order valence-electron chi connectivity index (χ2n) is 4.84. The molecule has 0 aliphatic carbocycles. The first kappa shape index (κ1) is 16.9. The van der Waals surface area contributed by atoms with Crippen molar-refractivity contribution in [3.63, 3.8) is 0 Å². The number of ether oxygens (including phenoxy) is 1. The van der Waals surface area contributed by atoms with Gasteiger partial charge < -0.3 is 10.1 Å². The van der Waals surface area contributed by atoms with Crippen LogP contribution in [0.5, 0.6) is 5.75 Å². The number of nitrogens with zero attached hydrogens (tertiary/aromatic N) is 2. The van der Waals surface area contributed by atoms with Gasteiger partial charge in [0.25, 0.3) is 17.3 Å². The zero-order valence-corrected chi connectivity index (χ0v) is 12.6. The minimum Gasteiger partial charge on any atom is -0.484 e. The van der Waals surface area contributed by atoms with E-state index in [1.165, 1.54) is 42.5 Å². The highest BCUT2D eigenvalue weighted by molar-refractivity contribution is 5.93. The third kappa shape index (κ3) is 4.26. The fraction of sp³-hybridized carbons (Fsp3) is 0.133. The second-order valence-corrected chi connectivity index (χ2v) is 4.84. The average Bonchev–Trinajstić information content (AvgIpc) is 2.55. The Labute approximate surface area is 136 Å². The molecule has 0 saturated heterocycles. The number of aryl methyl sites for hydroxylation is 1. The van der Waals surface area contributed by atoms with Gasteiger partial charge in [-0.1, -0.05) is 6.07 Å². The van der Waals surface area contributed by atoms with E-state index in [1.54, 1.807) is 6.92 Å².